The lowest BCUT2D eigenvalue weighted by molar-refractivity contribution is -0.144. The van der Waals surface area contributed by atoms with Crippen LogP contribution in [0.4, 0.5) is 0 Å². The van der Waals surface area contributed by atoms with Crippen molar-refractivity contribution in [2.24, 2.45) is 5.41 Å². The highest BCUT2D eigenvalue weighted by atomic mass is 16.3. The van der Waals surface area contributed by atoms with E-state index in [4.69, 9.17) is 5.26 Å². The predicted molar refractivity (Wildman–Crippen MR) is 132 cm³/mol. The van der Waals surface area contributed by atoms with E-state index in [1.807, 2.05) is 45.2 Å². The minimum Gasteiger partial charge on any atom is -0.391 e. The Morgan fingerprint density at radius 2 is 1.94 bits per heavy atom. The number of benzene rings is 1. The second-order valence-electron chi connectivity index (χ2n) is 11.7. The molecule has 0 radical (unpaired) electrons. The van der Waals surface area contributed by atoms with Crippen LogP contribution in [0.15, 0.2) is 30.5 Å². The highest BCUT2D eigenvalue weighted by molar-refractivity contribution is 5.90. The molecule has 2 heterocycles. The molecule has 190 valence electrons. The number of aliphatic hydroxyl groups excluding tert-OH is 1. The SMILES string of the molecule is CC(C)(C)[C@@H](C(=O)N1C[C@H](O)C[C@H]1C(=O)NC1CC(c2cccc(C#N)c2)C1)n1cc(C2CC2)nn1. The van der Waals surface area contributed by atoms with Crippen molar-refractivity contribution in [1.29, 1.82) is 5.26 Å². The molecule has 2 aromatic rings. The predicted octanol–water partition coefficient (Wildman–Crippen LogP) is 2.64. The number of nitriles is 1. The highest BCUT2D eigenvalue weighted by Crippen LogP contribution is 2.41. The van der Waals surface area contributed by atoms with Crippen molar-refractivity contribution in [3.63, 3.8) is 0 Å². The highest BCUT2D eigenvalue weighted by Gasteiger charge is 2.46. The second kappa shape index (κ2) is 9.32. The molecule has 2 N–H and O–H groups in total. The normalized spacial score (nSPS) is 26.7. The molecule has 1 aromatic heterocycles. The van der Waals surface area contributed by atoms with Gasteiger partial charge in [-0.1, -0.05) is 38.1 Å². The lowest BCUT2D eigenvalue weighted by Crippen LogP contribution is -2.53. The van der Waals surface area contributed by atoms with Crippen molar-refractivity contribution >= 4 is 11.8 Å². The lowest BCUT2D eigenvalue weighted by Gasteiger charge is -2.38. The number of β-amino-alcohol motifs (C(OH)–C–C–N with tert-alkyl or cyclic N) is 1. The average molecular weight is 491 g/mol. The number of carbonyl (C=O) groups excluding carboxylic acids is 2. The molecule has 1 aromatic carbocycles. The third-order valence-electron chi connectivity index (χ3n) is 7.68. The first-order chi connectivity index (χ1) is 17.1. The first kappa shape index (κ1) is 24.4. The van der Waals surface area contributed by atoms with E-state index in [0.717, 1.165) is 36.9 Å². The number of amides is 2. The minimum atomic E-state index is -0.744. The summed E-state index contributed by atoms with van der Waals surface area (Å²) < 4.78 is 1.64. The average Bonchev–Trinajstić information content (AvgIpc) is 3.42. The summed E-state index contributed by atoms with van der Waals surface area (Å²) in [4.78, 5) is 28.6. The van der Waals surface area contributed by atoms with Gasteiger partial charge in [0.1, 0.15) is 12.1 Å². The van der Waals surface area contributed by atoms with Crippen molar-refractivity contribution in [2.75, 3.05) is 6.54 Å². The van der Waals surface area contributed by atoms with Crippen molar-refractivity contribution in [1.82, 2.24) is 25.2 Å². The van der Waals surface area contributed by atoms with Gasteiger partial charge in [-0.3, -0.25) is 9.59 Å². The molecule has 36 heavy (non-hydrogen) atoms. The van der Waals surface area contributed by atoms with Crippen molar-refractivity contribution < 1.29 is 14.7 Å². The van der Waals surface area contributed by atoms with Crippen LogP contribution in [0.25, 0.3) is 0 Å². The monoisotopic (exact) mass is 490 g/mol. The molecular weight excluding hydrogens is 456 g/mol. The number of aromatic nitrogens is 3. The molecular formula is C27H34N6O3. The Balaban J connectivity index is 1.26. The Morgan fingerprint density at radius 3 is 2.61 bits per heavy atom. The van der Waals surface area contributed by atoms with Gasteiger partial charge in [0.2, 0.25) is 11.8 Å². The number of nitrogens with one attached hydrogen (secondary N) is 1. The van der Waals surface area contributed by atoms with E-state index in [1.54, 1.807) is 10.7 Å². The zero-order chi connectivity index (χ0) is 25.6. The van der Waals surface area contributed by atoms with E-state index in [1.165, 1.54) is 4.90 Å². The zero-order valence-electron chi connectivity index (χ0n) is 21.1. The number of rotatable bonds is 6. The maximum absolute atomic E-state index is 13.8. The van der Waals surface area contributed by atoms with Gasteiger partial charge in [0.15, 0.2) is 0 Å². The molecule has 0 unspecified atom stereocenters. The molecule has 2 aliphatic carbocycles. The first-order valence-electron chi connectivity index (χ1n) is 12.8. The Labute approximate surface area is 211 Å². The van der Waals surface area contributed by atoms with Crippen LogP contribution < -0.4 is 5.32 Å². The van der Waals surface area contributed by atoms with Crippen LogP contribution in [0, 0.1) is 16.7 Å². The summed E-state index contributed by atoms with van der Waals surface area (Å²) in [5, 5.41) is 31.2. The summed E-state index contributed by atoms with van der Waals surface area (Å²) >= 11 is 0. The van der Waals surface area contributed by atoms with Gasteiger partial charge in [-0.25, -0.2) is 4.68 Å². The molecule has 3 fully saturated rings. The Bertz CT molecular complexity index is 1180. The Kier molecular flexibility index (Phi) is 6.33. The fourth-order valence-electron chi connectivity index (χ4n) is 5.49. The standard InChI is InChI=1S/C27H34N6O3/c1-27(2,3)24(33-15-22(30-31-33)17-7-8-17)26(36)32-14-21(34)12-23(32)25(35)29-20-10-19(11-20)18-6-4-5-16(9-18)13-28/h4-6,9,15,17,19-21,23-24,34H,7-8,10-12,14H2,1-3H3,(H,29,35)/t19?,20?,21-,23+,24-/m1/s1. The van der Waals surface area contributed by atoms with Crippen LogP contribution in [-0.4, -0.2) is 61.5 Å². The van der Waals surface area contributed by atoms with Gasteiger partial charge in [-0.2, -0.15) is 5.26 Å². The number of hydrogen-bond donors (Lipinski definition) is 2. The molecule has 9 heteroatoms. The third kappa shape index (κ3) is 4.87. The second-order valence-corrected chi connectivity index (χ2v) is 11.7. The van der Waals surface area contributed by atoms with Crippen LogP contribution in [0.3, 0.4) is 0 Å². The third-order valence-corrected chi connectivity index (χ3v) is 7.68. The Morgan fingerprint density at radius 1 is 1.19 bits per heavy atom. The quantitative estimate of drug-likeness (QED) is 0.642. The first-order valence-corrected chi connectivity index (χ1v) is 12.8. The maximum Gasteiger partial charge on any atom is 0.248 e. The van der Waals surface area contributed by atoms with Gasteiger partial charge in [0, 0.05) is 31.1 Å². The summed E-state index contributed by atoms with van der Waals surface area (Å²) in [7, 11) is 0. The van der Waals surface area contributed by atoms with Crippen LogP contribution in [-0.2, 0) is 9.59 Å². The zero-order valence-corrected chi connectivity index (χ0v) is 21.1. The van der Waals surface area contributed by atoms with Gasteiger partial charge in [0.05, 0.1) is 23.4 Å². The number of aliphatic hydroxyl groups is 1. The molecule has 2 amide bonds. The maximum atomic E-state index is 13.8. The van der Waals surface area contributed by atoms with Gasteiger partial charge >= 0.3 is 0 Å². The van der Waals surface area contributed by atoms with Gasteiger partial charge in [-0.15, -0.1) is 5.10 Å². The molecule has 0 spiro atoms. The summed E-state index contributed by atoms with van der Waals surface area (Å²) in [6.07, 6.45) is 5.11. The molecule has 5 rings (SSSR count). The smallest absolute Gasteiger partial charge is 0.248 e. The van der Waals surface area contributed by atoms with Gasteiger partial charge in [-0.05, 0) is 54.7 Å². The molecule has 1 aliphatic heterocycles. The van der Waals surface area contributed by atoms with E-state index in [2.05, 4.69) is 21.7 Å². The fourth-order valence-corrected chi connectivity index (χ4v) is 5.49. The van der Waals surface area contributed by atoms with Crippen molar-refractivity contribution in [3.8, 4) is 6.07 Å². The number of likely N-dealkylation sites (tertiary alicyclic amines) is 1. The Hall–Kier alpha value is -3.25. The molecule has 0 bridgehead atoms. The van der Waals surface area contributed by atoms with E-state index in [-0.39, 0.29) is 30.8 Å². The van der Waals surface area contributed by atoms with E-state index < -0.39 is 23.6 Å². The molecule has 9 nitrogen and oxygen atoms in total. The molecule has 2 saturated carbocycles. The van der Waals surface area contributed by atoms with Crippen LogP contribution >= 0.6 is 0 Å². The van der Waals surface area contributed by atoms with Crippen LogP contribution in [0.2, 0.25) is 0 Å². The van der Waals surface area contributed by atoms with E-state index in [0.29, 0.717) is 17.4 Å². The van der Waals surface area contributed by atoms with Crippen LogP contribution in [0.1, 0.15) is 87.6 Å². The fraction of sp³-hybridized carbons (Fsp3) is 0.593. The molecule has 1 saturated heterocycles. The van der Waals surface area contributed by atoms with E-state index in [9.17, 15) is 14.7 Å². The molecule has 3 aliphatic rings. The van der Waals surface area contributed by atoms with Crippen molar-refractivity contribution in [3.05, 3.63) is 47.3 Å². The van der Waals surface area contributed by atoms with Crippen LogP contribution in [0.5, 0.6) is 0 Å². The number of nitrogens with zero attached hydrogens (tertiary/aromatic N) is 5. The van der Waals surface area contributed by atoms with Gasteiger partial charge in [0.25, 0.3) is 0 Å². The number of hydrogen-bond acceptors (Lipinski definition) is 6. The van der Waals surface area contributed by atoms with Crippen molar-refractivity contribution in [2.45, 2.75) is 88.9 Å². The summed E-state index contributed by atoms with van der Waals surface area (Å²) in [6, 6.07) is 8.43. The summed E-state index contributed by atoms with van der Waals surface area (Å²) in [6.45, 7) is 6.06. The minimum absolute atomic E-state index is 0.0118. The van der Waals surface area contributed by atoms with E-state index >= 15 is 0 Å². The lowest BCUT2D eigenvalue weighted by atomic mass is 9.75. The summed E-state index contributed by atoms with van der Waals surface area (Å²) in [5.74, 6) is 0.286. The number of carbonyl (C=O) groups is 2. The van der Waals surface area contributed by atoms with Gasteiger partial charge < -0.3 is 15.3 Å². The topological polar surface area (TPSA) is 124 Å². The largest absolute Gasteiger partial charge is 0.391 e. The molecule has 3 atom stereocenters. The summed E-state index contributed by atoms with van der Waals surface area (Å²) in [5.41, 5.74) is 2.20.